The summed E-state index contributed by atoms with van der Waals surface area (Å²) in [7, 11) is 0. The van der Waals surface area contributed by atoms with Crippen molar-refractivity contribution in [2.75, 3.05) is 6.61 Å². The molecule has 0 spiro atoms. The Morgan fingerprint density at radius 3 is 2.67 bits per heavy atom. The molecule has 4 N–H and O–H groups in total. The lowest BCUT2D eigenvalue weighted by Gasteiger charge is -2.19. The number of hydrogen-bond acceptors (Lipinski definition) is 5. The van der Waals surface area contributed by atoms with Gasteiger partial charge < -0.3 is 15.8 Å². The van der Waals surface area contributed by atoms with Gasteiger partial charge in [0, 0.05) is 12.3 Å². The summed E-state index contributed by atoms with van der Waals surface area (Å²) in [6.45, 7) is 5.74. The first-order chi connectivity index (χ1) is 11.4. The van der Waals surface area contributed by atoms with Crippen molar-refractivity contribution in [1.29, 1.82) is 0 Å². The van der Waals surface area contributed by atoms with E-state index in [1.807, 2.05) is 31.2 Å². The zero-order valence-electron chi connectivity index (χ0n) is 14.2. The maximum atomic E-state index is 11.8. The molecule has 2 rings (SSSR count). The number of rotatable bonds is 6. The van der Waals surface area contributed by atoms with Crippen molar-refractivity contribution in [1.82, 2.24) is 10.7 Å². The molecule has 24 heavy (non-hydrogen) atoms. The van der Waals surface area contributed by atoms with Crippen LogP contribution in [0.4, 0.5) is 0 Å². The second-order valence-electron chi connectivity index (χ2n) is 6.17. The summed E-state index contributed by atoms with van der Waals surface area (Å²) in [6, 6.07) is 7.46. The average molecular weight is 332 g/mol. The van der Waals surface area contributed by atoms with Crippen LogP contribution >= 0.6 is 0 Å². The Kier molecular flexibility index (Phi) is 5.92. The highest BCUT2D eigenvalue weighted by atomic mass is 16.5. The van der Waals surface area contributed by atoms with Gasteiger partial charge in [0.25, 0.3) is 0 Å². The Morgan fingerprint density at radius 1 is 1.42 bits per heavy atom. The fourth-order valence-corrected chi connectivity index (χ4v) is 2.39. The summed E-state index contributed by atoms with van der Waals surface area (Å²) in [4.78, 5) is 23.1. The Hall–Kier alpha value is -2.41. The third kappa shape index (κ3) is 4.79. The Bertz CT molecular complexity index is 625. The van der Waals surface area contributed by atoms with E-state index in [1.165, 1.54) is 0 Å². The van der Waals surface area contributed by atoms with E-state index in [0.717, 1.165) is 11.3 Å². The SMILES string of the molecule is CC(N)NC(=O)C(C)COc1ccc(C2=NNC(=O)CC2C)cc1. The van der Waals surface area contributed by atoms with Gasteiger partial charge >= 0.3 is 0 Å². The number of nitrogens with two attached hydrogens (primary N) is 1. The largest absolute Gasteiger partial charge is 0.493 e. The fraction of sp³-hybridized carbons (Fsp3) is 0.471. The molecule has 1 aromatic rings. The van der Waals surface area contributed by atoms with Crippen LogP contribution in [0.25, 0.3) is 0 Å². The van der Waals surface area contributed by atoms with Gasteiger partial charge in [-0.25, -0.2) is 5.43 Å². The van der Waals surface area contributed by atoms with Gasteiger partial charge in [-0.05, 0) is 36.8 Å². The molecule has 0 fully saturated rings. The van der Waals surface area contributed by atoms with Gasteiger partial charge in [-0.2, -0.15) is 5.10 Å². The van der Waals surface area contributed by atoms with Crippen LogP contribution in [0.3, 0.4) is 0 Å². The number of amides is 2. The molecule has 3 unspecified atom stereocenters. The summed E-state index contributed by atoms with van der Waals surface area (Å²) in [6.07, 6.45) is 0.0569. The number of benzene rings is 1. The van der Waals surface area contributed by atoms with Crippen LogP contribution in [0, 0.1) is 11.8 Å². The monoisotopic (exact) mass is 332 g/mol. The van der Waals surface area contributed by atoms with Crippen molar-refractivity contribution < 1.29 is 14.3 Å². The van der Waals surface area contributed by atoms with Crippen molar-refractivity contribution in [2.24, 2.45) is 22.7 Å². The van der Waals surface area contributed by atoms with Crippen molar-refractivity contribution in [3.8, 4) is 5.75 Å². The molecule has 1 aromatic carbocycles. The summed E-state index contributed by atoms with van der Waals surface area (Å²) in [5.74, 6) is 0.251. The lowest BCUT2D eigenvalue weighted by molar-refractivity contribution is -0.126. The van der Waals surface area contributed by atoms with Crippen molar-refractivity contribution in [2.45, 2.75) is 33.4 Å². The number of carbonyl (C=O) groups excluding carboxylic acids is 2. The molecule has 0 aromatic heterocycles. The summed E-state index contributed by atoms with van der Waals surface area (Å²) < 4.78 is 5.65. The van der Waals surface area contributed by atoms with E-state index in [2.05, 4.69) is 15.8 Å². The first-order valence-electron chi connectivity index (χ1n) is 8.02. The normalized spacial score (nSPS) is 19.8. The van der Waals surface area contributed by atoms with Crippen LogP contribution in [0.15, 0.2) is 29.4 Å². The lowest BCUT2D eigenvalue weighted by Crippen LogP contribution is -2.42. The third-order valence-electron chi connectivity index (χ3n) is 3.73. The first kappa shape index (κ1) is 17.9. The molecule has 0 saturated carbocycles. The fourth-order valence-electron chi connectivity index (χ4n) is 2.39. The molecule has 0 saturated heterocycles. The maximum absolute atomic E-state index is 11.8. The summed E-state index contributed by atoms with van der Waals surface area (Å²) >= 11 is 0. The molecule has 0 bridgehead atoms. The minimum absolute atomic E-state index is 0.0646. The highest BCUT2D eigenvalue weighted by molar-refractivity contribution is 6.05. The molecule has 0 radical (unpaired) electrons. The molecule has 2 amide bonds. The molecule has 0 aliphatic carbocycles. The molecule has 130 valence electrons. The second kappa shape index (κ2) is 7.92. The van der Waals surface area contributed by atoms with Gasteiger partial charge in [-0.3, -0.25) is 9.59 Å². The van der Waals surface area contributed by atoms with Gasteiger partial charge in [-0.15, -0.1) is 0 Å². The van der Waals surface area contributed by atoms with Gasteiger partial charge in [0.1, 0.15) is 5.75 Å². The zero-order chi connectivity index (χ0) is 17.7. The van der Waals surface area contributed by atoms with E-state index in [9.17, 15) is 9.59 Å². The lowest BCUT2D eigenvalue weighted by atomic mass is 9.94. The van der Waals surface area contributed by atoms with E-state index in [-0.39, 0.29) is 36.4 Å². The number of carbonyl (C=O) groups is 2. The highest BCUT2D eigenvalue weighted by Gasteiger charge is 2.21. The number of nitrogens with one attached hydrogen (secondary N) is 2. The van der Waals surface area contributed by atoms with Crippen LogP contribution < -0.4 is 21.2 Å². The average Bonchev–Trinajstić information content (AvgIpc) is 2.52. The second-order valence-corrected chi connectivity index (χ2v) is 6.17. The minimum Gasteiger partial charge on any atom is -0.493 e. The predicted octanol–water partition coefficient (Wildman–Crippen LogP) is 0.982. The topological polar surface area (TPSA) is 106 Å². The Labute approximate surface area is 141 Å². The number of hydrazone groups is 1. The van der Waals surface area contributed by atoms with Crippen molar-refractivity contribution in [3.63, 3.8) is 0 Å². The number of ether oxygens (including phenoxy) is 1. The first-order valence-corrected chi connectivity index (χ1v) is 8.02. The van der Waals surface area contributed by atoms with Gasteiger partial charge in [-0.1, -0.05) is 13.8 Å². The van der Waals surface area contributed by atoms with Gasteiger partial charge in [0.05, 0.1) is 24.4 Å². The van der Waals surface area contributed by atoms with E-state index < -0.39 is 0 Å². The third-order valence-corrected chi connectivity index (χ3v) is 3.73. The molecular formula is C17H24N4O3. The molecule has 1 aliphatic heterocycles. The molecular weight excluding hydrogens is 308 g/mol. The van der Waals surface area contributed by atoms with E-state index in [1.54, 1.807) is 13.8 Å². The van der Waals surface area contributed by atoms with Crippen molar-refractivity contribution in [3.05, 3.63) is 29.8 Å². The summed E-state index contributed by atoms with van der Waals surface area (Å²) in [5.41, 5.74) is 9.84. The Balaban J connectivity index is 1.93. The number of hydrogen-bond donors (Lipinski definition) is 3. The van der Waals surface area contributed by atoms with Crippen LogP contribution in [0.5, 0.6) is 5.75 Å². The van der Waals surface area contributed by atoms with E-state index in [0.29, 0.717) is 12.2 Å². The molecule has 3 atom stereocenters. The number of nitrogens with zero attached hydrogens (tertiary/aromatic N) is 1. The highest BCUT2D eigenvalue weighted by Crippen LogP contribution is 2.19. The summed E-state index contributed by atoms with van der Waals surface area (Å²) in [5, 5.41) is 6.78. The quantitative estimate of drug-likeness (QED) is 0.675. The van der Waals surface area contributed by atoms with Gasteiger partial charge in [0.2, 0.25) is 11.8 Å². The van der Waals surface area contributed by atoms with Crippen LogP contribution in [0.1, 0.15) is 32.8 Å². The molecule has 7 heteroatoms. The van der Waals surface area contributed by atoms with Gasteiger partial charge in [0.15, 0.2) is 0 Å². The molecule has 1 aliphatic rings. The predicted molar refractivity (Wildman–Crippen MR) is 91.4 cm³/mol. The van der Waals surface area contributed by atoms with E-state index >= 15 is 0 Å². The standard InChI is InChI=1S/C17H24N4O3/c1-10-8-15(22)20-21-16(10)13-4-6-14(7-5-13)24-9-11(2)17(23)19-12(3)18/h4-7,10-12H,8-9,18H2,1-3H3,(H,19,23)(H,20,22). The maximum Gasteiger partial charge on any atom is 0.240 e. The van der Waals surface area contributed by atoms with Crippen LogP contribution in [-0.4, -0.2) is 30.3 Å². The smallest absolute Gasteiger partial charge is 0.240 e. The molecule has 1 heterocycles. The zero-order valence-corrected chi connectivity index (χ0v) is 14.2. The van der Waals surface area contributed by atoms with Crippen molar-refractivity contribution >= 4 is 17.5 Å². The minimum atomic E-state index is -0.377. The van der Waals surface area contributed by atoms with Crippen LogP contribution in [0.2, 0.25) is 0 Å². The Morgan fingerprint density at radius 2 is 2.08 bits per heavy atom. The molecule has 7 nitrogen and oxygen atoms in total. The van der Waals surface area contributed by atoms with E-state index in [4.69, 9.17) is 10.5 Å². The van der Waals surface area contributed by atoms with Crippen LogP contribution in [-0.2, 0) is 9.59 Å².